The van der Waals surface area contributed by atoms with Gasteiger partial charge < -0.3 is 15.1 Å². The Morgan fingerprint density at radius 2 is 1.02 bits per heavy atom. The molecule has 5 nitrogen and oxygen atoms in total. The standard InChI is InChI=1S/C29H17F9N2O3/c30-27(31,32)17-5-1-4-16(12-17)24-11-10-22(43-24)15-23(25(41)39-20-8-2-6-18(13-20)28(33,34)35)26(42)40-21-9-3-7-19(14-21)29(36,37)38/h1-15H,(H,39,41)(H,40,42). The van der Waals surface area contributed by atoms with E-state index in [0.717, 1.165) is 60.7 Å². The van der Waals surface area contributed by atoms with E-state index in [1.54, 1.807) is 0 Å². The number of rotatable bonds is 6. The highest BCUT2D eigenvalue weighted by molar-refractivity contribution is 6.28. The van der Waals surface area contributed by atoms with Crippen molar-refractivity contribution in [2.75, 3.05) is 10.6 Å². The van der Waals surface area contributed by atoms with E-state index >= 15 is 0 Å². The van der Waals surface area contributed by atoms with Gasteiger partial charge in [0, 0.05) is 16.9 Å². The monoisotopic (exact) mass is 612 g/mol. The van der Waals surface area contributed by atoms with Crippen molar-refractivity contribution < 1.29 is 53.5 Å². The lowest BCUT2D eigenvalue weighted by Crippen LogP contribution is -2.25. The minimum absolute atomic E-state index is 0.00198. The van der Waals surface area contributed by atoms with Crippen LogP contribution in [0.4, 0.5) is 50.9 Å². The second-order valence-corrected chi connectivity index (χ2v) is 8.90. The summed E-state index contributed by atoms with van der Waals surface area (Å²) in [6, 6.07) is 13.4. The SMILES string of the molecule is O=C(Nc1cccc(C(F)(F)F)c1)C(=Cc1ccc(-c2cccc(C(F)(F)F)c2)o1)C(=O)Nc1cccc(C(F)(F)F)c1. The molecule has 4 rings (SSSR count). The van der Waals surface area contributed by atoms with E-state index in [1.807, 2.05) is 0 Å². The van der Waals surface area contributed by atoms with Crippen LogP contribution in [0.2, 0.25) is 0 Å². The summed E-state index contributed by atoms with van der Waals surface area (Å²) in [5, 5.41) is 4.25. The molecule has 0 aliphatic heterocycles. The van der Waals surface area contributed by atoms with Crippen molar-refractivity contribution in [1.29, 1.82) is 0 Å². The van der Waals surface area contributed by atoms with Gasteiger partial charge in [-0.2, -0.15) is 39.5 Å². The third kappa shape index (κ3) is 7.84. The average molecular weight is 612 g/mol. The summed E-state index contributed by atoms with van der Waals surface area (Å²) in [5.74, 6) is -2.85. The molecule has 43 heavy (non-hydrogen) atoms. The molecule has 0 radical (unpaired) electrons. The maximum atomic E-state index is 13.1. The van der Waals surface area contributed by atoms with Crippen molar-refractivity contribution in [2.24, 2.45) is 0 Å². The molecule has 0 atom stereocenters. The average Bonchev–Trinajstić information content (AvgIpc) is 3.39. The summed E-state index contributed by atoms with van der Waals surface area (Å²) >= 11 is 0. The summed E-state index contributed by atoms with van der Waals surface area (Å²) in [5.41, 5.74) is -4.72. The second kappa shape index (κ2) is 11.7. The first kappa shape index (κ1) is 30.9. The smallest absolute Gasteiger partial charge is 0.416 e. The van der Waals surface area contributed by atoms with Gasteiger partial charge in [0.05, 0.1) is 16.7 Å². The number of carbonyl (C=O) groups excluding carboxylic acids is 2. The third-order valence-electron chi connectivity index (χ3n) is 5.77. The number of halogens is 9. The Kier molecular flexibility index (Phi) is 8.42. The molecule has 0 unspecified atom stereocenters. The Hall–Kier alpha value is -5.01. The molecule has 1 aromatic heterocycles. The number of benzene rings is 3. The fourth-order valence-corrected chi connectivity index (χ4v) is 3.75. The van der Waals surface area contributed by atoms with Crippen LogP contribution in [0.1, 0.15) is 22.5 Å². The topological polar surface area (TPSA) is 71.3 Å². The zero-order chi connectivity index (χ0) is 31.6. The predicted octanol–water partition coefficient (Wildman–Crippen LogP) is 8.66. The molecule has 3 aromatic carbocycles. The Bertz CT molecular complexity index is 1610. The first-order chi connectivity index (χ1) is 20.0. The van der Waals surface area contributed by atoms with E-state index in [0.29, 0.717) is 12.1 Å². The van der Waals surface area contributed by atoms with Gasteiger partial charge in [0.25, 0.3) is 11.8 Å². The van der Waals surface area contributed by atoms with Gasteiger partial charge in [-0.15, -0.1) is 0 Å². The highest BCUT2D eigenvalue weighted by atomic mass is 19.4. The van der Waals surface area contributed by atoms with Crippen LogP contribution in [0.5, 0.6) is 0 Å². The molecule has 224 valence electrons. The van der Waals surface area contributed by atoms with Crippen molar-refractivity contribution in [3.05, 3.63) is 113 Å². The Morgan fingerprint density at radius 3 is 1.49 bits per heavy atom. The van der Waals surface area contributed by atoms with Gasteiger partial charge in [-0.1, -0.05) is 24.3 Å². The van der Waals surface area contributed by atoms with Crippen LogP contribution in [-0.2, 0) is 28.1 Å². The molecule has 0 saturated carbocycles. The minimum atomic E-state index is -4.76. The van der Waals surface area contributed by atoms with Crippen molar-refractivity contribution in [3.8, 4) is 11.3 Å². The highest BCUT2D eigenvalue weighted by Gasteiger charge is 2.33. The van der Waals surface area contributed by atoms with Crippen LogP contribution in [0, 0.1) is 0 Å². The van der Waals surface area contributed by atoms with E-state index in [1.165, 1.54) is 18.2 Å². The molecule has 1 heterocycles. The van der Waals surface area contributed by atoms with E-state index in [-0.39, 0.29) is 28.5 Å². The molecule has 0 fully saturated rings. The van der Waals surface area contributed by atoms with Gasteiger partial charge >= 0.3 is 18.5 Å². The number of furan rings is 1. The quantitative estimate of drug-likeness (QED) is 0.0991. The molecule has 0 aliphatic rings. The van der Waals surface area contributed by atoms with Crippen LogP contribution in [0.3, 0.4) is 0 Å². The Morgan fingerprint density at radius 1 is 0.581 bits per heavy atom. The first-order valence-corrected chi connectivity index (χ1v) is 12.0. The van der Waals surface area contributed by atoms with Gasteiger partial charge in [-0.25, -0.2) is 0 Å². The zero-order valence-corrected chi connectivity index (χ0v) is 21.3. The minimum Gasteiger partial charge on any atom is -0.457 e. The van der Waals surface area contributed by atoms with Crippen LogP contribution in [0.15, 0.2) is 94.9 Å². The second-order valence-electron chi connectivity index (χ2n) is 8.90. The van der Waals surface area contributed by atoms with E-state index < -0.39 is 52.6 Å². The number of carbonyl (C=O) groups is 2. The summed E-state index contributed by atoms with van der Waals surface area (Å²) in [6.07, 6.45) is -13.3. The largest absolute Gasteiger partial charge is 0.457 e. The van der Waals surface area contributed by atoms with Crippen LogP contribution in [-0.4, -0.2) is 11.8 Å². The van der Waals surface area contributed by atoms with E-state index in [9.17, 15) is 49.1 Å². The van der Waals surface area contributed by atoms with Crippen LogP contribution >= 0.6 is 0 Å². The lowest BCUT2D eigenvalue weighted by Gasteiger charge is -2.13. The third-order valence-corrected chi connectivity index (χ3v) is 5.77. The summed E-state index contributed by atoms with van der Waals surface area (Å²) < 4.78 is 124. The number of amides is 2. The molecule has 0 spiro atoms. The lowest BCUT2D eigenvalue weighted by molar-refractivity contribution is -0.138. The summed E-state index contributed by atoms with van der Waals surface area (Å²) in [6.45, 7) is 0. The van der Waals surface area contributed by atoms with Crippen molar-refractivity contribution in [1.82, 2.24) is 0 Å². The molecular weight excluding hydrogens is 595 g/mol. The summed E-state index contributed by atoms with van der Waals surface area (Å²) in [4.78, 5) is 26.2. The van der Waals surface area contributed by atoms with Gasteiger partial charge in [-0.05, 0) is 66.7 Å². The number of nitrogens with one attached hydrogen (secondary N) is 2. The fourth-order valence-electron chi connectivity index (χ4n) is 3.75. The molecule has 0 saturated heterocycles. The zero-order valence-electron chi connectivity index (χ0n) is 21.3. The Labute approximate surface area is 236 Å². The summed E-state index contributed by atoms with van der Waals surface area (Å²) in [7, 11) is 0. The number of hydrogen-bond acceptors (Lipinski definition) is 3. The fraction of sp³-hybridized carbons (Fsp3) is 0.103. The molecular formula is C29H17F9N2O3. The van der Waals surface area contributed by atoms with Gasteiger partial charge in [0.15, 0.2) is 0 Å². The molecule has 2 N–H and O–H groups in total. The van der Waals surface area contributed by atoms with Crippen molar-refractivity contribution >= 4 is 29.3 Å². The molecule has 4 aromatic rings. The maximum Gasteiger partial charge on any atom is 0.416 e. The first-order valence-electron chi connectivity index (χ1n) is 12.0. The number of alkyl halides is 9. The van der Waals surface area contributed by atoms with Crippen molar-refractivity contribution in [3.63, 3.8) is 0 Å². The van der Waals surface area contributed by atoms with Crippen LogP contribution < -0.4 is 10.6 Å². The lowest BCUT2D eigenvalue weighted by atomic mass is 10.1. The van der Waals surface area contributed by atoms with Gasteiger partial charge in [-0.3, -0.25) is 9.59 Å². The predicted molar refractivity (Wildman–Crippen MR) is 137 cm³/mol. The number of anilines is 2. The van der Waals surface area contributed by atoms with E-state index in [4.69, 9.17) is 4.42 Å². The maximum absolute atomic E-state index is 13.1. The molecule has 0 aliphatic carbocycles. The van der Waals surface area contributed by atoms with Gasteiger partial charge in [0.2, 0.25) is 0 Å². The van der Waals surface area contributed by atoms with Crippen LogP contribution in [0.25, 0.3) is 17.4 Å². The number of hydrogen-bond donors (Lipinski definition) is 2. The molecule has 2 amide bonds. The molecule has 0 bridgehead atoms. The Balaban J connectivity index is 1.69. The van der Waals surface area contributed by atoms with Gasteiger partial charge in [0.1, 0.15) is 17.1 Å². The highest BCUT2D eigenvalue weighted by Crippen LogP contribution is 2.34. The molecule has 14 heteroatoms. The van der Waals surface area contributed by atoms with E-state index in [2.05, 4.69) is 10.6 Å². The normalized spacial score (nSPS) is 12.0. The van der Waals surface area contributed by atoms with Crippen molar-refractivity contribution in [2.45, 2.75) is 18.5 Å².